The zero-order valence-corrected chi connectivity index (χ0v) is 21.3. The molecule has 4 aromatic rings. The second-order valence-corrected chi connectivity index (χ2v) is 9.31. The van der Waals surface area contributed by atoms with E-state index in [1.807, 2.05) is 13.8 Å². The van der Waals surface area contributed by atoms with Gasteiger partial charge in [-0.25, -0.2) is 0 Å². The normalized spacial score (nSPS) is 12.5. The summed E-state index contributed by atoms with van der Waals surface area (Å²) < 4.78 is 0. The average molecular weight is 425 g/mol. The van der Waals surface area contributed by atoms with Gasteiger partial charge in [-0.1, -0.05) is 115 Å². The molecule has 0 heterocycles. The maximum atomic E-state index is 2.44. The zero-order valence-electron chi connectivity index (χ0n) is 21.3. The largest absolute Gasteiger partial charge is 0.0683 e. The van der Waals surface area contributed by atoms with Gasteiger partial charge in [0.1, 0.15) is 0 Å². The molecule has 4 rings (SSSR count). The van der Waals surface area contributed by atoms with Crippen LogP contribution in [0.5, 0.6) is 0 Å². The third-order valence-corrected chi connectivity index (χ3v) is 7.04. The van der Waals surface area contributed by atoms with Gasteiger partial charge in [-0.3, -0.25) is 0 Å². The SMILES string of the molecule is CC.CCc1cc2ccccc2c(C(C)CC)c1C(C)(C)c1c(C)ccc2ccccc12. The fraction of sp³-hybridized carbons (Fsp3) is 0.375. The summed E-state index contributed by atoms with van der Waals surface area (Å²) >= 11 is 0. The van der Waals surface area contributed by atoms with Crippen molar-refractivity contribution in [2.75, 3.05) is 0 Å². The standard InChI is InChI=1S/C30H34.C2H6/c1-7-20(3)27-25-15-11-10-14-24(25)19-22(8-2)29(27)30(5,6)28-21(4)17-18-23-13-9-12-16-26(23)28;1-2/h9-20H,7-8H2,1-6H3;1-2H3. The first-order chi connectivity index (χ1) is 15.4. The van der Waals surface area contributed by atoms with Crippen molar-refractivity contribution in [2.45, 2.75) is 79.6 Å². The highest BCUT2D eigenvalue weighted by Crippen LogP contribution is 2.45. The highest BCUT2D eigenvalue weighted by molar-refractivity contribution is 5.91. The molecule has 168 valence electrons. The molecule has 0 bridgehead atoms. The molecule has 0 aliphatic rings. The summed E-state index contributed by atoms with van der Waals surface area (Å²) in [5, 5.41) is 5.51. The van der Waals surface area contributed by atoms with Gasteiger partial charge in [0.2, 0.25) is 0 Å². The predicted molar refractivity (Wildman–Crippen MR) is 144 cm³/mol. The van der Waals surface area contributed by atoms with E-state index in [1.165, 1.54) is 43.8 Å². The summed E-state index contributed by atoms with van der Waals surface area (Å²) in [6, 6.07) is 24.8. The van der Waals surface area contributed by atoms with Crippen LogP contribution in [0.3, 0.4) is 0 Å². The second kappa shape index (κ2) is 9.90. The predicted octanol–water partition coefficient (Wildman–Crippen LogP) is 9.73. The number of fused-ring (bicyclic) bond motifs is 2. The molecule has 0 aliphatic heterocycles. The molecule has 0 saturated carbocycles. The Morgan fingerprint density at radius 1 is 0.750 bits per heavy atom. The molecule has 0 heteroatoms. The van der Waals surface area contributed by atoms with Crippen LogP contribution >= 0.6 is 0 Å². The Bertz CT molecular complexity index is 1210. The van der Waals surface area contributed by atoms with Gasteiger partial charge in [0.05, 0.1) is 0 Å². The molecule has 0 aromatic heterocycles. The van der Waals surface area contributed by atoms with Crippen molar-refractivity contribution in [1.29, 1.82) is 0 Å². The highest BCUT2D eigenvalue weighted by atomic mass is 14.4. The van der Waals surface area contributed by atoms with Crippen molar-refractivity contribution in [3.63, 3.8) is 0 Å². The Morgan fingerprint density at radius 2 is 1.34 bits per heavy atom. The first kappa shape index (κ1) is 24.1. The lowest BCUT2D eigenvalue weighted by atomic mass is 9.68. The summed E-state index contributed by atoms with van der Waals surface area (Å²) in [4.78, 5) is 0. The van der Waals surface area contributed by atoms with E-state index >= 15 is 0 Å². The summed E-state index contributed by atoms with van der Waals surface area (Å²) in [6.07, 6.45) is 2.20. The minimum Gasteiger partial charge on any atom is -0.0683 e. The molecule has 32 heavy (non-hydrogen) atoms. The summed E-state index contributed by atoms with van der Waals surface area (Å²) in [5.74, 6) is 0.519. The van der Waals surface area contributed by atoms with Crippen LogP contribution < -0.4 is 0 Å². The van der Waals surface area contributed by atoms with Gasteiger partial charge in [-0.15, -0.1) is 0 Å². The van der Waals surface area contributed by atoms with Crippen LogP contribution in [0, 0.1) is 6.92 Å². The minimum atomic E-state index is -0.0842. The smallest absolute Gasteiger partial charge is 0.0161 e. The first-order valence-electron chi connectivity index (χ1n) is 12.4. The third-order valence-electron chi connectivity index (χ3n) is 7.04. The van der Waals surface area contributed by atoms with Gasteiger partial charge >= 0.3 is 0 Å². The van der Waals surface area contributed by atoms with Crippen molar-refractivity contribution in [1.82, 2.24) is 0 Å². The molecule has 0 N–H and O–H groups in total. The molecule has 0 radical (unpaired) electrons. The number of hydrogen-bond donors (Lipinski definition) is 0. The van der Waals surface area contributed by atoms with Gasteiger partial charge in [0, 0.05) is 5.41 Å². The molecule has 0 aliphatic carbocycles. The molecule has 0 saturated heterocycles. The van der Waals surface area contributed by atoms with E-state index in [4.69, 9.17) is 0 Å². The average Bonchev–Trinajstić information content (AvgIpc) is 2.83. The van der Waals surface area contributed by atoms with Crippen molar-refractivity contribution in [2.24, 2.45) is 0 Å². The molecule has 1 unspecified atom stereocenters. The quantitative estimate of drug-likeness (QED) is 0.299. The lowest BCUT2D eigenvalue weighted by Crippen LogP contribution is -2.25. The van der Waals surface area contributed by atoms with E-state index in [0.29, 0.717) is 5.92 Å². The van der Waals surface area contributed by atoms with Crippen LogP contribution in [0.1, 0.15) is 88.6 Å². The van der Waals surface area contributed by atoms with Crippen LogP contribution in [-0.4, -0.2) is 0 Å². The number of hydrogen-bond acceptors (Lipinski definition) is 0. The molecular formula is C32H40. The topological polar surface area (TPSA) is 0 Å². The van der Waals surface area contributed by atoms with E-state index in [1.54, 1.807) is 5.56 Å². The van der Waals surface area contributed by atoms with Crippen molar-refractivity contribution >= 4 is 21.5 Å². The first-order valence-corrected chi connectivity index (χ1v) is 12.4. The van der Waals surface area contributed by atoms with Gasteiger partial charge in [-0.05, 0) is 75.0 Å². The van der Waals surface area contributed by atoms with Crippen molar-refractivity contribution in [3.8, 4) is 0 Å². The molecule has 0 amide bonds. The second-order valence-electron chi connectivity index (χ2n) is 9.31. The molecule has 4 aromatic carbocycles. The molecule has 0 spiro atoms. The Kier molecular flexibility index (Phi) is 7.44. The number of aryl methyl sites for hydroxylation is 2. The van der Waals surface area contributed by atoms with E-state index in [0.717, 1.165) is 12.8 Å². The van der Waals surface area contributed by atoms with Crippen LogP contribution in [0.2, 0.25) is 0 Å². The molecular weight excluding hydrogens is 384 g/mol. The summed E-state index contributed by atoms with van der Waals surface area (Å²) in [6.45, 7) is 18.2. The Morgan fingerprint density at radius 3 is 1.97 bits per heavy atom. The lowest BCUT2D eigenvalue weighted by molar-refractivity contribution is 0.609. The minimum absolute atomic E-state index is 0.0842. The maximum Gasteiger partial charge on any atom is 0.0161 e. The van der Waals surface area contributed by atoms with Gasteiger partial charge < -0.3 is 0 Å². The van der Waals surface area contributed by atoms with Gasteiger partial charge in [0.25, 0.3) is 0 Å². The highest BCUT2D eigenvalue weighted by Gasteiger charge is 2.33. The van der Waals surface area contributed by atoms with Crippen molar-refractivity contribution < 1.29 is 0 Å². The van der Waals surface area contributed by atoms with E-state index in [9.17, 15) is 0 Å². The fourth-order valence-corrected chi connectivity index (χ4v) is 5.50. The Balaban J connectivity index is 0.00000141. The Labute approximate surface area is 195 Å². The molecule has 0 fully saturated rings. The lowest BCUT2D eigenvalue weighted by Gasteiger charge is -2.36. The van der Waals surface area contributed by atoms with E-state index in [-0.39, 0.29) is 5.41 Å². The van der Waals surface area contributed by atoms with Crippen molar-refractivity contribution in [3.05, 3.63) is 94.5 Å². The maximum absolute atomic E-state index is 2.44. The summed E-state index contributed by atoms with van der Waals surface area (Å²) in [5.41, 5.74) is 7.33. The van der Waals surface area contributed by atoms with Crippen LogP contribution in [-0.2, 0) is 11.8 Å². The van der Waals surface area contributed by atoms with Crippen LogP contribution in [0.15, 0.2) is 66.7 Å². The van der Waals surface area contributed by atoms with Crippen LogP contribution in [0.4, 0.5) is 0 Å². The third kappa shape index (κ3) is 4.08. The van der Waals surface area contributed by atoms with E-state index in [2.05, 4.69) is 108 Å². The molecule has 1 atom stereocenters. The molecule has 0 nitrogen and oxygen atoms in total. The Hall–Kier alpha value is -2.60. The fourth-order valence-electron chi connectivity index (χ4n) is 5.50. The van der Waals surface area contributed by atoms with Gasteiger partial charge in [0.15, 0.2) is 0 Å². The van der Waals surface area contributed by atoms with Crippen LogP contribution in [0.25, 0.3) is 21.5 Å². The summed E-state index contributed by atoms with van der Waals surface area (Å²) in [7, 11) is 0. The van der Waals surface area contributed by atoms with E-state index < -0.39 is 0 Å². The number of rotatable bonds is 5. The number of benzene rings is 4. The zero-order chi connectivity index (χ0) is 23.5. The monoisotopic (exact) mass is 424 g/mol. The van der Waals surface area contributed by atoms with Gasteiger partial charge in [-0.2, -0.15) is 0 Å².